The van der Waals surface area contributed by atoms with Gasteiger partial charge in [0.2, 0.25) is 0 Å². The number of hydrogen-bond donors (Lipinski definition) is 2. The van der Waals surface area contributed by atoms with Crippen LogP contribution in [0.2, 0.25) is 0 Å². The predicted octanol–water partition coefficient (Wildman–Crippen LogP) is -0.186. The summed E-state index contributed by atoms with van der Waals surface area (Å²) in [6.07, 6.45) is 1.18. The maximum atomic E-state index is 10.7. The van der Waals surface area contributed by atoms with Crippen LogP contribution in [0.15, 0.2) is 0 Å². The molecule has 2 N–H and O–H groups in total. The Balaban J connectivity index is 3.98. The lowest BCUT2D eigenvalue weighted by molar-refractivity contribution is -0.138. The topological polar surface area (TPSA) is 83.5 Å². The van der Waals surface area contributed by atoms with E-state index in [4.69, 9.17) is 5.11 Å². The van der Waals surface area contributed by atoms with E-state index in [1.165, 1.54) is 0 Å². The summed E-state index contributed by atoms with van der Waals surface area (Å²) in [5.74, 6) is -1.15. The first-order chi connectivity index (χ1) is 5.37. The number of carbonyl (C=O) groups is 1. The first kappa shape index (κ1) is 12.1. The Morgan fingerprint density at radius 1 is 1.67 bits per heavy atom. The first-order valence-electron chi connectivity index (χ1n) is 3.13. The van der Waals surface area contributed by atoms with E-state index < -0.39 is 21.8 Å². The third kappa shape index (κ3) is 5.72. The van der Waals surface area contributed by atoms with Crippen LogP contribution in [-0.2, 0) is 14.6 Å². The van der Waals surface area contributed by atoms with Crippen molar-refractivity contribution < 1.29 is 18.3 Å². The Labute approximate surface area is 84.9 Å². The van der Waals surface area contributed by atoms with Crippen molar-refractivity contribution in [2.24, 2.45) is 0 Å². The molecule has 72 valence electrons. The summed E-state index contributed by atoms with van der Waals surface area (Å²) >= 11 is 1.69. The number of hydrogen-bond acceptors (Lipinski definition) is 4. The summed E-state index contributed by atoms with van der Waals surface area (Å²) < 4.78 is 23.8. The van der Waals surface area contributed by atoms with Crippen molar-refractivity contribution in [2.75, 3.05) is 12.0 Å². The Hall–Kier alpha value is 0.110. The van der Waals surface area contributed by atoms with Crippen molar-refractivity contribution in [3.05, 3.63) is 0 Å². The van der Waals surface area contributed by atoms with E-state index in [1.54, 1.807) is 22.9 Å². The first-order valence-corrected chi connectivity index (χ1v) is 6.27. The number of halogens is 1. The molecule has 5 nitrogen and oxygen atoms in total. The SMILES string of the molecule is CS(=O)(=O)CC[C@H](NI)C(=O)O. The number of carboxylic acids is 1. The van der Waals surface area contributed by atoms with E-state index in [-0.39, 0.29) is 12.2 Å². The average Bonchev–Trinajstić information content (AvgIpc) is 1.85. The van der Waals surface area contributed by atoms with E-state index in [0.29, 0.717) is 0 Å². The van der Waals surface area contributed by atoms with Crippen LogP contribution in [0.25, 0.3) is 0 Å². The number of sulfone groups is 1. The van der Waals surface area contributed by atoms with E-state index in [0.717, 1.165) is 6.26 Å². The monoisotopic (exact) mass is 307 g/mol. The number of rotatable bonds is 5. The van der Waals surface area contributed by atoms with Gasteiger partial charge in [-0.15, -0.1) is 0 Å². The summed E-state index contributed by atoms with van der Waals surface area (Å²) in [5.41, 5.74) is 0. The highest BCUT2D eigenvalue weighted by Gasteiger charge is 2.17. The molecule has 12 heavy (non-hydrogen) atoms. The molecule has 0 aromatic heterocycles. The number of aliphatic carboxylic acids is 1. The molecule has 7 heteroatoms. The largest absolute Gasteiger partial charge is 0.480 e. The highest BCUT2D eigenvalue weighted by Crippen LogP contribution is 1.98. The molecule has 0 unspecified atom stereocenters. The van der Waals surface area contributed by atoms with Crippen molar-refractivity contribution in [1.29, 1.82) is 0 Å². The minimum absolute atomic E-state index is 0.0944. The van der Waals surface area contributed by atoms with Gasteiger partial charge in [-0.05, 0) is 6.42 Å². The zero-order valence-electron chi connectivity index (χ0n) is 6.45. The summed E-state index contributed by atoms with van der Waals surface area (Å²) in [6, 6.07) is -0.791. The molecule has 0 aromatic carbocycles. The Morgan fingerprint density at radius 3 is 2.42 bits per heavy atom. The van der Waals surface area contributed by atoms with Crippen molar-refractivity contribution >= 4 is 38.7 Å². The van der Waals surface area contributed by atoms with Gasteiger partial charge in [0, 0.05) is 29.1 Å². The molecule has 0 fully saturated rings. The van der Waals surface area contributed by atoms with Gasteiger partial charge in [0.15, 0.2) is 0 Å². The standard InChI is InChI=1S/C5H10INO4S/c1-12(10,11)3-2-4(7-6)5(8)9/h4,7H,2-3H2,1H3,(H,8,9)/t4-/m0/s1. The quantitative estimate of drug-likeness (QED) is 0.543. The molecule has 0 spiro atoms. The summed E-state index contributed by atoms with van der Waals surface area (Å²) in [4.78, 5) is 10.4. The molecular formula is C5H10INO4S. The van der Waals surface area contributed by atoms with Gasteiger partial charge in [0.25, 0.3) is 0 Å². The van der Waals surface area contributed by atoms with Crippen molar-refractivity contribution in [3.63, 3.8) is 0 Å². The lowest BCUT2D eigenvalue weighted by Gasteiger charge is -2.07. The molecule has 1 atom stereocenters. The number of nitrogens with one attached hydrogen (secondary N) is 1. The summed E-state index contributed by atoms with van der Waals surface area (Å²) in [7, 11) is -3.07. The molecule has 0 heterocycles. The van der Waals surface area contributed by atoms with Crippen LogP contribution < -0.4 is 3.53 Å². The molecule has 0 aliphatic heterocycles. The van der Waals surface area contributed by atoms with Gasteiger partial charge in [-0.25, -0.2) is 11.9 Å². The predicted molar refractivity (Wildman–Crippen MR) is 52.9 cm³/mol. The van der Waals surface area contributed by atoms with E-state index in [1.807, 2.05) is 0 Å². The molecular weight excluding hydrogens is 297 g/mol. The minimum atomic E-state index is -3.07. The molecule has 0 saturated heterocycles. The van der Waals surface area contributed by atoms with Crippen LogP contribution in [0.4, 0.5) is 0 Å². The van der Waals surface area contributed by atoms with Gasteiger partial charge < -0.3 is 5.11 Å². The second-order valence-corrected chi connectivity index (χ2v) is 5.30. The minimum Gasteiger partial charge on any atom is -0.480 e. The fourth-order valence-electron chi connectivity index (χ4n) is 0.557. The van der Waals surface area contributed by atoms with Crippen LogP contribution in [0, 0.1) is 0 Å². The van der Waals surface area contributed by atoms with Gasteiger partial charge >= 0.3 is 5.97 Å². The molecule has 0 aliphatic rings. The van der Waals surface area contributed by atoms with Gasteiger partial charge in [0.05, 0.1) is 5.75 Å². The Morgan fingerprint density at radius 2 is 2.17 bits per heavy atom. The fourth-order valence-corrected chi connectivity index (χ4v) is 1.80. The molecule has 0 saturated carbocycles. The Bertz CT molecular complexity index is 250. The van der Waals surface area contributed by atoms with Gasteiger partial charge in [-0.1, -0.05) is 0 Å². The van der Waals surface area contributed by atoms with Crippen LogP contribution in [0.5, 0.6) is 0 Å². The van der Waals surface area contributed by atoms with E-state index in [2.05, 4.69) is 3.53 Å². The van der Waals surface area contributed by atoms with E-state index in [9.17, 15) is 13.2 Å². The normalized spacial score (nSPS) is 14.2. The van der Waals surface area contributed by atoms with Crippen LogP contribution in [0.1, 0.15) is 6.42 Å². The third-order valence-electron chi connectivity index (χ3n) is 1.21. The van der Waals surface area contributed by atoms with Gasteiger partial charge in [-0.3, -0.25) is 4.79 Å². The van der Waals surface area contributed by atoms with Gasteiger partial charge in [0.1, 0.15) is 15.9 Å². The molecule has 0 aliphatic carbocycles. The maximum absolute atomic E-state index is 10.7. The fraction of sp³-hybridized carbons (Fsp3) is 0.800. The van der Waals surface area contributed by atoms with Gasteiger partial charge in [-0.2, -0.15) is 0 Å². The molecule has 0 radical (unpaired) electrons. The second-order valence-electron chi connectivity index (χ2n) is 2.42. The smallest absolute Gasteiger partial charge is 0.321 e. The zero-order chi connectivity index (χ0) is 9.78. The van der Waals surface area contributed by atoms with Crippen molar-refractivity contribution in [2.45, 2.75) is 12.5 Å². The highest BCUT2D eigenvalue weighted by atomic mass is 127. The van der Waals surface area contributed by atoms with Crippen LogP contribution in [-0.4, -0.2) is 37.5 Å². The maximum Gasteiger partial charge on any atom is 0.321 e. The second kappa shape index (κ2) is 4.97. The third-order valence-corrected chi connectivity index (χ3v) is 2.94. The van der Waals surface area contributed by atoms with Crippen molar-refractivity contribution in [3.8, 4) is 0 Å². The summed E-state index contributed by atoms with van der Waals surface area (Å²) in [5, 5.41) is 8.51. The molecule has 0 amide bonds. The lowest BCUT2D eigenvalue weighted by Crippen LogP contribution is -2.32. The van der Waals surface area contributed by atoms with Crippen LogP contribution >= 0.6 is 22.9 Å². The molecule has 0 rings (SSSR count). The highest BCUT2D eigenvalue weighted by molar-refractivity contribution is 14.1. The van der Waals surface area contributed by atoms with Crippen molar-refractivity contribution in [1.82, 2.24) is 3.53 Å². The van der Waals surface area contributed by atoms with E-state index >= 15 is 0 Å². The van der Waals surface area contributed by atoms with Crippen LogP contribution in [0.3, 0.4) is 0 Å². The molecule has 0 bridgehead atoms. The lowest BCUT2D eigenvalue weighted by atomic mass is 10.2. The Kier molecular flexibility index (Phi) is 5.02. The average molecular weight is 307 g/mol. The summed E-state index contributed by atoms with van der Waals surface area (Å²) in [6.45, 7) is 0. The molecule has 0 aromatic rings. The zero-order valence-corrected chi connectivity index (χ0v) is 9.42. The number of carboxylic acid groups (broad SMARTS) is 1.